The molecule has 2 aromatic carbocycles. The molecule has 1 fully saturated rings. The highest BCUT2D eigenvalue weighted by Crippen LogP contribution is 2.40. The largest absolute Gasteiger partial charge is 0.401 e. The van der Waals surface area contributed by atoms with Gasteiger partial charge in [-0.05, 0) is 58.4 Å². The van der Waals surface area contributed by atoms with E-state index < -0.39 is 8.32 Å². The summed E-state index contributed by atoms with van der Waals surface area (Å²) < 4.78 is 9.25. The summed E-state index contributed by atoms with van der Waals surface area (Å²) in [5.41, 5.74) is 8.80. The number of aromatic amines is 1. The van der Waals surface area contributed by atoms with E-state index in [0.29, 0.717) is 0 Å². The van der Waals surface area contributed by atoms with Crippen LogP contribution in [0.15, 0.2) is 85.3 Å². The van der Waals surface area contributed by atoms with E-state index in [9.17, 15) is 0 Å². The van der Waals surface area contributed by atoms with E-state index in [0.717, 1.165) is 52.4 Å². The van der Waals surface area contributed by atoms with Crippen LogP contribution in [-0.2, 0) is 4.43 Å². The molecular formula is C37H42N6OSi. The molecule has 1 N–H and O–H groups in total. The Kier molecular flexibility index (Phi) is 7.17. The van der Waals surface area contributed by atoms with Gasteiger partial charge in [0.15, 0.2) is 5.65 Å². The molecule has 0 atom stereocenters. The van der Waals surface area contributed by atoms with Crippen LogP contribution in [0.25, 0.3) is 27.9 Å². The van der Waals surface area contributed by atoms with Crippen LogP contribution >= 0.6 is 0 Å². The van der Waals surface area contributed by atoms with Gasteiger partial charge in [-0.2, -0.15) is 5.10 Å². The first-order chi connectivity index (χ1) is 21.6. The van der Waals surface area contributed by atoms with Crippen LogP contribution < -0.4 is 15.3 Å². The van der Waals surface area contributed by atoms with Crippen molar-refractivity contribution in [3.63, 3.8) is 0 Å². The lowest BCUT2D eigenvalue weighted by molar-refractivity contribution is 0.154. The van der Waals surface area contributed by atoms with Crippen LogP contribution in [0.2, 0.25) is 5.04 Å². The van der Waals surface area contributed by atoms with E-state index in [4.69, 9.17) is 9.41 Å². The number of pyridine rings is 2. The second kappa shape index (κ2) is 11.0. The molecule has 1 aliphatic heterocycles. The highest BCUT2D eigenvalue weighted by atomic mass is 28.4. The molecule has 1 saturated heterocycles. The number of nitrogens with one attached hydrogen (secondary N) is 1. The number of aromatic nitrogens is 5. The second-order valence-electron chi connectivity index (χ2n) is 13.8. The molecule has 1 aliphatic rings. The van der Waals surface area contributed by atoms with Crippen molar-refractivity contribution >= 4 is 41.2 Å². The van der Waals surface area contributed by atoms with Crippen molar-refractivity contribution in [2.75, 3.05) is 18.0 Å². The Balaban J connectivity index is 1.22. The molecule has 5 heterocycles. The molecule has 6 aromatic rings. The molecule has 4 aromatic heterocycles. The Labute approximate surface area is 266 Å². The molecule has 7 nitrogen and oxygen atoms in total. The molecule has 7 rings (SSSR count). The van der Waals surface area contributed by atoms with Crippen molar-refractivity contribution in [2.24, 2.45) is 0 Å². The van der Waals surface area contributed by atoms with Gasteiger partial charge in [-0.15, -0.1) is 0 Å². The average molecular weight is 615 g/mol. The second-order valence-corrected chi connectivity index (χ2v) is 18.0. The van der Waals surface area contributed by atoms with E-state index in [1.54, 1.807) is 6.33 Å². The summed E-state index contributed by atoms with van der Waals surface area (Å²) in [5.74, 6) is 1.28. The third kappa shape index (κ3) is 4.78. The normalized spacial score (nSPS) is 14.5. The third-order valence-electron chi connectivity index (χ3n) is 9.57. The number of H-pyrrole nitrogens is 1. The lowest BCUT2D eigenvalue weighted by atomic mass is 9.95. The van der Waals surface area contributed by atoms with Gasteiger partial charge in [0, 0.05) is 30.4 Å². The summed E-state index contributed by atoms with van der Waals surface area (Å²) in [6.07, 6.45) is 3.83. The van der Waals surface area contributed by atoms with Gasteiger partial charge in [0.05, 0.1) is 22.8 Å². The van der Waals surface area contributed by atoms with Crippen molar-refractivity contribution in [1.29, 1.82) is 0 Å². The molecule has 230 valence electrons. The molecule has 8 heteroatoms. The minimum Gasteiger partial charge on any atom is -0.401 e. The number of nitrogens with zero attached hydrogens (tertiary/aromatic N) is 5. The topological polar surface area (TPSA) is 71.3 Å². The maximum absolute atomic E-state index is 7.38. The van der Waals surface area contributed by atoms with Crippen LogP contribution in [-0.4, -0.2) is 52.1 Å². The predicted molar refractivity (Wildman–Crippen MR) is 186 cm³/mol. The fraction of sp³-hybridized carbons (Fsp3) is 0.324. The third-order valence-corrected chi connectivity index (χ3v) is 14.7. The highest BCUT2D eigenvalue weighted by Gasteiger charge is 2.52. The number of aryl methyl sites for hydroxylation is 1. The number of benzene rings is 2. The van der Waals surface area contributed by atoms with Gasteiger partial charge in [-0.1, -0.05) is 95.3 Å². The van der Waals surface area contributed by atoms with Gasteiger partial charge in [-0.3, -0.25) is 0 Å². The molecule has 0 radical (unpaired) electrons. The minimum atomic E-state index is -2.60. The van der Waals surface area contributed by atoms with Crippen LogP contribution in [0.4, 0.5) is 5.82 Å². The zero-order valence-corrected chi connectivity index (χ0v) is 28.3. The smallest absolute Gasteiger partial charge is 0.261 e. The first-order valence-electron chi connectivity index (χ1n) is 15.9. The molecule has 45 heavy (non-hydrogen) atoms. The monoisotopic (exact) mass is 614 g/mol. The molecule has 0 spiro atoms. The number of anilines is 1. The first-order valence-corrected chi connectivity index (χ1v) is 17.9. The Bertz CT molecular complexity index is 1950. The molecule has 0 saturated carbocycles. The van der Waals surface area contributed by atoms with Gasteiger partial charge in [0.2, 0.25) is 0 Å². The van der Waals surface area contributed by atoms with Gasteiger partial charge in [-0.25, -0.2) is 14.5 Å². The zero-order chi connectivity index (χ0) is 31.5. The number of hydrogen-bond acceptors (Lipinski definition) is 5. The van der Waals surface area contributed by atoms with E-state index in [1.165, 1.54) is 21.5 Å². The molecule has 0 bridgehead atoms. The van der Waals surface area contributed by atoms with Crippen molar-refractivity contribution < 1.29 is 4.43 Å². The molecule has 0 aliphatic carbocycles. The number of hydrogen-bond donors (Lipinski definition) is 1. The van der Waals surface area contributed by atoms with Gasteiger partial charge < -0.3 is 14.3 Å². The maximum atomic E-state index is 7.38. The van der Waals surface area contributed by atoms with Crippen LogP contribution in [0, 0.1) is 13.8 Å². The number of rotatable bonds is 7. The van der Waals surface area contributed by atoms with Crippen molar-refractivity contribution in [2.45, 2.75) is 65.5 Å². The fourth-order valence-corrected chi connectivity index (χ4v) is 11.8. The van der Waals surface area contributed by atoms with Gasteiger partial charge in [0.25, 0.3) is 8.32 Å². The fourth-order valence-electron chi connectivity index (χ4n) is 7.12. The Morgan fingerprint density at radius 3 is 2.13 bits per heavy atom. The number of fused-ring (bicyclic) bond motifs is 2. The summed E-state index contributed by atoms with van der Waals surface area (Å²) >= 11 is 0. The van der Waals surface area contributed by atoms with E-state index in [2.05, 4.69) is 147 Å². The SMILES string of the molecule is Cc1c(-c2[nH]c3ccc(N4CC(O[Si](c5ccccc5)(c5ccccc5)C(C)(C)C)C4)nc3c2C(C)C)cn2ncnc2c1C. The summed E-state index contributed by atoms with van der Waals surface area (Å²) in [6, 6.07) is 26.1. The lowest BCUT2D eigenvalue weighted by Crippen LogP contribution is -2.70. The van der Waals surface area contributed by atoms with Crippen LogP contribution in [0.3, 0.4) is 0 Å². The Hall–Kier alpha value is -4.27. The van der Waals surface area contributed by atoms with Crippen LogP contribution in [0.1, 0.15) is 57.2 Å². The summed E-state index contributed by atoms with van der Waals surface area (Å²) in [5, 5.41) is 7.02. The predicted octanol–water partition coefficient (Wildman–Crippen LogP) is 6.78. The van der Waals surface area contributed by atoms with Gasteiger partial charge >= 0.3 is 0 Å². The molecular weight excluding hydrogens is 573 g/mol. The summed E-state index contributed by atoms with van der Waals surface area (Å²) in [4.78, 5) is 15.8. The summed E-state index contributed by atoms with van der Waals surface area (Å²) in [7, 11) is -2.60. The maximum Gasteiger partial charge on any atom is 0.261 e. The summed E-state index contributed by atoms with van der Waals surface area (Å²) in [6.45, 7) is 17.4. The van der Waals surface area contributed by atoms with Crippen molar-refractivity contribution in [3.8, 4) is 11.3 Å². The highest BCUT2D eigenvalue weighted by molar-refractivity contribution is 6.99. The lowest BCUT2D eigenvalue weighted by Gasteiger charge is -2.50. The average Bonchev–Trinajstić information content (AvgIpc) is 3.63. The Morgan fingerprint density at radius 2 is 1.53 bits per heavy atom. The first kappa shape index (κ1) is 29.4. The molecule has 0 amide bonds. The minimum absolute atomic E-state index is 0.0489. The zero-order valence-electron chi connectivity index (χ0n) is 27.3. The van der Waals surface area contributed by atoms with E-state index >= 15 is 0 Å². The standard InChI is InChI=1S/C37H42N6OSi/c1-24(2)33-34(30-22-43-36(38-23-39-43)26(4)25(30)3)40-31-18-19-32(41-35(31)33)42-20-27(21-42)44-45(37(5,6)7,28-14-10-8-11-15-28)29-16-12-9-13-17-29/h8-19,22-24,27,40H,20-21H2,1-7H3. The van der Waals surface area contributed by atoms with Crippen molar-refractivity contribution in [3.05, 3.63) is 102 Å². The van der Waals surface area contributed by atoms with Crippen molar-refractivity contribution in [1.82, 2.24) is 24.6 Å². The quantitative estimate of drug-likeness (QED) is 0.201. The van der Waals surface area contributed by atoms with E-state index in [-0.39, 0.29) is 17.1 Å². The Morgan fingerprint density at radius 1 is 0.889 bits per heavy atom. The molecule has 0 unspecified atom stereocenters. The van der Waals surface area contributed by atoms with Gasteiger partial charge in [0.1, 0.15) is 12.1 Å². The van der Waals surface area contributed by atoms with E-state index in [1.807, 2.05) is 4.52 Å². The van der Waals surface area contributed by atoms with Crippen LogP contribution in [0.5, 0.6) is 0 Å².